The molecule has 0 fully saturated rings. The summed E-state index contributed by atoms with van der Waals surface area (Å²) in [5.74, 6) is -0.0922. The van der Waals surface area contributed by atoms with Crippen LogP contribution >= 0.6 is 0 Å². The lowest BCUT2D eigenvalue weighted by molar-refractivity contribution is -0.274. The molecule has 6 nitrogen and oxygen atoms in total. The Morgan fingerprint density at radius 3 is 1.87 bits per heavy atom. The van der Waals surface area contributed by atoms with Crippen LogP contribution in [0, 0.1) is 5.92 Å². The van der Waals surface area contributed by atoms with E-state index >= 15 is 0 Å². The highest BCUT2D eigenvalue weighted by Gasteiger charge is 2.31. The van der Waals surface area contributed by atoms with Crippen molar-refractivity contribution in [2.24, 2.45) is 5.92 Å². The lowest BCUT2D eigenvalue weighted by Gasteiger charge is -2.25. The summed E-state index contributed by atoms with van der Waals surface area (Å²) < 4.78 is 65.1. The summed E-state index contributed by atoms with van der Waals surface area (Å²) in [4.78, 5) is 15.1. The van der Waals surface area contributed by atoms with Crippen LogP contribution in [0.15, 0.2) is 77.7 Å². The molecule has 1 N–H and O–H groups in total. The van der Waals surface area contributed by atoms with Crippen molar-refractivity contribution in [2.75, 3.05) is 12.3 Å². The number of carbonyl (C=O) groups is 1. The number of halogens is 3. The van der Waals surface area contributed by atoms with Crippen LogP contribution < -0.4 is 10.1 Å². The maximum atomic E-state index is 12.6. The molecule has 0 spiro atoms. The minimum atomic E-state index is -4.72. The Hall–Kier alpha value is -3.37. The first-order valence-corrected chi connectivity index (χ1v) is 14.3. The molecule has 0 unspecified atom stereocenters. The molecule has 3 aromatic carbocycles. The van der Waals surface area contributed by atoms with Gasteiger partial charge in [-0.05, 0) is 59.0 Å². The molecule has 210 valence electrons. The summed E-state index contributed by atoms with van der Waals surface area (Å²) in [7, 11) is -3.27. The molecule has 0 radical (unpaired) electrons. The van der Waals surface area contributed by atoms with E-state index in [4.69, 9.17) is 0 Å². The minimum absolute atomic E-state index is 0.0300. The van der Waals surface area contributed by atoms with Gasteiger partial charge in [0.1, 0.15) is 5.75 Å². The third-order valence-corrected chi connectivity index (χ3v) is 7.67. The second kappa shape index (κ2) is 13.1. The molecule has 0 bridgehead atoms. The van der Waals surface area contributed by atoms with Crippen LogP contribution in [0.3, 0.4) is 0 Å². The quantitative estimate of drug-likeness (QED) is 0.295. The number of alkyl halides is 3. The van der Waals surface area contributed by atoms with Gasteiger partial charge in [0, 0.05) is 31.7 Å². The molecule has 3 rings (SSSR count). The van der Waals surface area contributed by atoms with Gasteiger partial charge in [-0.15, -0.1) is 13.2 Å². The predicted octanol–water partition coefficient (Wildman–Crippen LogP) is 5.97. The lowest BCUT2D eigenvalue weighted by atomic mass is 10.1. The molecule has 3 aromatic rings. The summed E-state index contributed by atoms with van der Waals surface area (Å²) in [6.45, 7) is 7.98. The van der Waals surface area contributed by atoms with E-state index in [-0.39, 0.29) is 28.8 Å². The van der Waals surface area contributed by atoms with Gasteiger partial charge in [0.05, 0.1) is 10.6 Å². The molecular formula is C29H33F3N2O4S. The van der Waals surface area contributed by atoms with E-state index in [2.05, 4.69) is 28.8 Å². The summed E-state index contributed by atoms with van der Waals surface area (Å²) in [6.07, 6.45) is -4.72. The maximum Gasteiger partial charge on any atom is 0.573 e. The summed E-state index contributed by atoms with van der Waals surface area (Å²) in [5.41, 5.74) is 3.15. The van der Waals surface area contributed by atoms with Crippen LogP contribution in [0.5, 0.6) is 5.75 Å². The number of sulfone groups is 1. The topological polar surface area (TPSA) is 75.7 Å². The van der Waals surface area contributed by atoms with Gasteiger partial charge in [-0.3, -0.25) is 9.69 Å². The fourth-order valence-electron chi connectivity index (χ4n) is 4.04. The van der Waals surface area contributed by atoms with Gasteiger partial charge in [0.15, 0.2) is 9.84 Å². The average molecular weight is 563 g/mol. The number of benzene rings is 3. The number of carbonyl (C=O) groups excluding carboxylic acids is 1. The van der Waals surface area contributed by atoms with E-state index in [1.165, 1.54) is 12.1 Å². The van der Waals surface area contributed by atoms with Gasteiger partial charge in [-0.1, -0.05) is 57.2 Å². The Kier molecular flexibility index (Phi) is 10.2. The van der Waals surface area contributed by atoms with E-state index in [0.717, 1.165) is 23.2 Å². The van der Waals surface area contributed by atoms with Crippen molar-refractivity contribution in [1.29, 1.82) is 0 Å². The van der Waals surface area contributed by atoms with Crippen LogP contribution in [0.25, 0.3) is 0 Å². The Labute approximate surface area is 227 Å². The van der Waals surface area contributed by atoms with E-state index in [9.17, 15) is 26.4 Å². The molecule has 0 aromatic heterocycles. The molecule has 0 atom stereocenters. The normalized spacial score (nSPS) is 12.1. The van der Waals surface area contributed by atoms with Crippen LogP contribution in [0.4, 0.5) is 13.2 Å². The van der Waals surface area contributed by atoms with E-state index in [0.29, 0.717) is 24.6 Å². The van der Waals surface area contributed by atoms with Gasteiger partial charge in [0.25, 0.3) is 5.91 Å². The minimum Gasteiger partial charge on any atom is -0.406 e. The number of amides is 1. The van der Waals surface area contributed by atoms with E-state index in [1.54, 1.807) is 55.5 Å². The van der Waals surface area contributed by atoms with Crippen LogP contribution in [-0.2, 0) is 29.5 Å². The fraction of sp³-hybridized carbons (Fsp3) is 0.345. The number of nitrogens with one attached hydrogen (secondary N) is 1. The Morgan fingerprint density at radius 1 is 0.872 bits per heavy atom. The van der Waals surface area contributed by atoms with Gasteiger partial charge in [0.2, 0.25) is 0 Å². The van der Waals surface area contributed by atoms with Crippen molar-refractivity contribution in [2.45, 2.75) is 51.7 Å². The Bertz CT molecular complexity index is 1320. The molecule has 10 heteroatoms. The van der Waals surface area contributed by atoms with E-state index < -0.39 is 16.2 Å². The van der Waals surface area contributed by atoms with Gasteiger partial charge < -0.3 is 10.1 Å². The molecule has 1 amide bonds. The van der Waals surface area contributed by atoms with Crippen molar-refractivity contribution < 1.29 is 31.1 Å². The number of hydrogen-bond acceptors (Lipinski definition) is 5. The molecule has 0 aliphatic carbocycles. The van der Waals surface area contributed by atoms with E-state index in [1.807, 2.05) is 12.1 Å². The zero-order chi connectivity index (χ0) is 28.6. The highest BCUT2D eigenvalue weighted by atomic mass is 32.2. The first-order valence-electron chi connectivity index (χ1n) is 12.6. The van der Waals surface area contributed by atoms with Crippen molar-refractivity contribution in [3.05, 3.63) is 95.1 Å². The molecule has 0 saturated carbocycles. The molecule has 0 aliphatic rings. The number of nitrogens with zero attached hydrogens (tertiary/aromatic N) is 1. The van der Waals surface area contributed by atoms with Gasteiger partial charge in [-0.2, -0.15) is 0 Å². The number of rotatable bonds is 12. The first kappa shape index (κ1) is 30.2. The summed E-state index contributed by atoms with van der Waals surface area (Å²) in [6, 6.07) is 19.6. The highest BCUT2D eigenvalue weighted by molar-refractivity contribution is 7.91. The molecule has 39 heavy (non-hydrogen) atoms. The maximum absolute atomic E-state index is 12.6. The monoisotopic (exact) mass is 562 g/mol. The van der Waals surface area contributed by atoms with Crippen molar-refractivity contribution >= 4 is 15.7 Å². The molecule has 0 saturated heterocycles. The summed E-state index contributed by atoms with van der Waals surface area (Å²) in [5, 5.41) is 2.85. The first-order chi connectivity index (χ1) is 18.3. The standard InChI is InChI=1S/C29H33F3N2O4S/c1-4-39(36,37)27-15-9-22(10-16-27)17-33-28(35)25-11-5-23(6-12-25)19-34(18-21(2)3)20-24-7-13-26(14-8-24)38-29(30,31)32/h5-16,21H,4,17-20H2,1-3H3,(H,33,35). The molecular weight excluding hydrogens is 529 g/mol. The zero-order valence-electron chi connectivity index (χ0n) is 22.2. The third-order valence-electron chi connectivity index (χ3n) is 5.92. The summed E-state index contributed by atoms with van der Waals surface area (Å²) >= 11 is 0. The van der Waals surface area contributed by atoms with Crippen LogP contribution in [0.2, 0.25) is 0 Å². The Morgan fingerprint density at radius 2 is 1.38 bits per heavy atom. The van der Waals surface area contributed by atoms with Crippen molar-refractivity contribution in [3.8, 4) is 5.75 Å². The molecule has 0 heterocycles. The van der Waals surface area contributed by atoms with Gasteiger partial charge in [-0.25, -0.2) is 8.42 Å². The highest BCUT2D eigenvalue weighted by Crippen LogP contribution is 2.23. The lowest BCUT2D eigenvalue weighted by Crippen LogP contribution is -2.27. The molecule has 0 aliphatic heterocycles. The zero-order valence-corrected chi connectivity index (χ0v) is 23.0. The van der Waals surface area contributed by atoms with Gasteiger partial charge >= 0.3 is 6.36 Å². The predicted molar refractivity (Wildman–Crippen MR) is 144 cm³/mol. The largest absolute Gasteiger partial charge is 0.573 e. The van der Waals surface area contributed by atoms with Crippen LogP contribution in [0.1, 0.15) is 47.8 Å². The second-order valence-electron chi connectivity index (χ2n) is 9.68. The van der Waals surface area contributed by atoms with Crippen molar-refractivity contribution in [3.63, 3.8) is 0 Å². The SMILES string of the molecule is CCS(=O)(=O)c1ccc(CNC(=O)c2ccc(CN(Cc3ccc(OC(F)(F)F)cc3)CC(C)C)cc2)cc1. The van der Waals surface area contributed by atoms with Crippen molar-refractivity contribution in [1.82, 2.24) is 10.2 Å². The second-order valence-corrected chi connectivity index (χ2v) is 12.0. The third kappa shape index (κ3) is 9.71. The average Bonchev–Trinajstić information content (AvgIpc) is 2.88. The number of ether oxygens (including phenoxy) is 1. The Balaban J connectivity index is 1.58. The van der Waals surface area contributed by atoms with Crippen LogP contribution in [-0.4, -0.2) is 37.9 Å². The smallest absolute Gasteiger partial charge is 0.406 e. The fourth-order valence-corrected chi connectivity index (χ4v) is 4.93. The number of hydrogen-bond donors (Lipinski definition) is 1.